The van der Waals surface area contributed by atoms with Crippen molar-refractivity contribution in [3.05, 3.63) is 59.4 Å². The second-order valence-electron chi connectivity index (χ2n) is 5.86. The summed E-state index contributed by atoms with van der Waals surface area (Å²) in [5, 5.41) is 11.6. The Kier molecular flexibility index (Phi) is 3.93. The van der Waals surface area contributed by atoms with Gasteiger partial charge in [-0.2, -0.15) is 0 Å². The maximum atomic E-state index is 12.5. The highest BCUT2D eigenvalue weighted by Gasteiger charge is 2.60. The topological polar surface area (TPSA) is 77.8 Å². The van der Waals surface area contributed by atoms with Crippen LogP contribution < -0.4 is 0 Å². The van der Waals surface area contributed by atoms with Crippen LogP contribution in [0, 0.1) is 5.92 Å². The smallest absolute Gasteiger partial charge is 0.314 e. The molecule has 0 fully saturated rings. The highest BCUT2D eigenvalue weighted by molar-refractivity contribution is 5.90. The third-order valence-electron chi connectivity index (χ3n) is 4.71. The highest BCUT2D eigenvalue weighted by atomic mass is 16.5. The zero-order valence-electron chi connectivity index (χ0n) is 13.7. The van der Waals surface area contributed by atoms with Crippen molar-refractivity contribution in [1.29, 1.82) is 0 Å². The van der Waals surface area contributed by atoms with Crippen molar-refractivity contribution in [2.75, 3.05) is 14.2 Å². The van der Waals surface area contributed by atoms with E-state index in [0.29, 0.717) is 16.8 Å². The Morgan fingerprint density at radius 2 is 1.71 bits per heavy atom. The van der Waals surface area contributed by atoms with Crippen LogP contribution in [0.4, 0.5) is 0 Å². The van der Waals surface area contributed by atoms with Crippen molar-refractivity contribution in [3.8, 4) is 0 Å². The van der Waals surface area contributed by atoms with Crippen LogP contribution >= 0.6 is 0 Å². The number of esters is 2. The van der Waals surface area contributed by atoms with Crippen LogP contribution in [0.3, 0.4) is 0 Å². The summed E-state index contributed by atoms with van der Waals surface area (Å²) in [4.78, 5) is 24.9. The standard InChI is InChI=1S/C18H19NO5/c1-19-10-9-12-13(16(20)23-2)14(17(21)24-3)18(22,15(12)19)11-7-5-4-6-8-11/h4-10,13-14,22H,1-3H3/t13-,14-,18+/m1/s1. The van der Waals surface area contributed by atoms with Crippen LogP contribution in [0.15, 0.2) is 42.6 Å². The largest absolute Gasteiger partial charge is 0.469 e. The van der Waals surface area contributed by atoms with Gasteiger partial charge in [-0.1, -0.05) is 30.3 Å². The zero-order valence-corrected chi connectivity index (χ0v) is 13.7. The Morgan fingerprint density at radius 1 is 1.08 bits per heavy atom. The number of hydrogen-bond acceptors (Lipinski definition) is 5. The summed E-state index contributed by atoms with van der Waals surface area (Å²) in [5.41, 5.74) is -0.0821. The number of benzene rings is 1. The number of hydrogen-bond donors (Lipinski definition) is 1. The number of ether oxygens (including phenoxy) is 2. The molecule has 6 heteroatoms. The Labute approximate surface area is 139 Å². The van der Waals surface area contributed by atoms with Crippen molar-refractivity contribution >= 4 is 11.9 Å². The number of aromatic nitrogens is 1. The van der Waals surface area contributed by atoms with Crippen LogP contribution in [0.5, 0.6) is 0 Å². The average Bonchev–Trinajstić information content (AvgIpc) is 3.12. The monoisotopic (exact) mass is 329 g/mol. The number of aliphatic hydroxyl groups is 1. The summed E-state index contributed by atoms with van der Waals surface area (Å²) in [6.07, 6.45) is 1.75. The van der Waals surface area contributed by atoms with Gasteiger partial charge in [0.2, 0.25) is 0 Å². The molecular formula is C18H19NO5. The van der Waals surface area contributed by atoms with E-state index in [1.54, 1.807) is 48.1 Å². The molecule has 0 radical (unpaired) electrons. The number of carbonyl (C=O) groups excluding carboxylic acids is 2. The molecule has 6 nitrogen and oxygen atoms in total. The van der Waals surface area contributed by atoms with Crippen molar-refractivity contribution < 1.29 is 24.2 Å². The maximum absolute atomic E-state index is 12.5. The van der Waals surface area contributed by atoms with Crippen molar-refractivity contribution in [3.63, 3.8) is 0 Å². The van der Waals surface area contributed by atoms with Crippen LogP contribution in [-0.4, -0.2) is 35.8 Å². The molecule has 1 aromatic heterocycles. The lowest BCUT2D eigenvalue weighted by Crippen LogP contribution is -2.42. The fourth-order valence-electron chi connectivity index (χ4n) is 3.69. The minimum atomic E-state index is -1.68. The molecule has 0 bridgehead atoms. The number of rotatable bonds is 3. The van der Waals surface area contributed by atoms with Crippen LogP contribution in [-0.2, 0) is 31.7 Å². The van der Waals surface area contributed by atoms with Gasteiger partial charge in [0.05, 0.1) is 19.9 Å². The molecule has 3 atom stereocenters. The molecule has 0 amide bonds. The Morgan fingerprint density at radius 3 is 2.29 bits per heavy atom. The van der Waals surface area contributed by atoms with E-state index in [-0.39, 0.29) is 0 Å². The van der Waals surface area contributed by atoms with Gasteiger partial charge in [-0.15, -0.1) is 0 Å². The highest BCUT2D eigenvalue weighted by Crippen LogP contribution is 2.53. The van der Waals surface area contributed by atoms with Gasteiger partial charge in [0.15, 0.2) is 0 Å². The van der Waals surface area contributed by atoms with Crippen molar-refractivity contribution in [1.82, 2.24) is 4.57 Å². The van der Waals surface area contributed by atoms with Gasteiger partial charge >= 0.3 is 11.9 Å². The van der Waals surface area contributed by atoms with E-state index in [1.165, 1.54) is 14.2 Å². The molecule has 1 aliphatic rings. The lowest BCUT2D eigenvalue weighted by atomic mass is 9.79. The quantitative estimate of drug-likeness (QED) is 0.860. The molecule has 0 spiro atoms. The maximum Gasteiger partial charge on any atom is 0.314 e. The minimum absolute atomic E-state index is 0.500. The first-order chi connectivity index (χ1) is 11.5. The van der Waals surface area contributed by atoms with E-state index in [9.17, 15) is 14.7 Å². The van der Waals surface area contributed by atoms with Gasteiger partial charge in [0.25, 0.3) is 0 Å². The Balaban J connectivity index is 2.30. The van der Waals surface area contributed by atoms with Crippen molar-refractivity contribution in [2.24, 2.45) is 13.0 Å². The van der Waals surface area contributed by atoms with Gasteiger partial charge in [-0.05, 0) is 17.2 Å². The fourth-order valence-corrected chi connectivity index (χ4v) is 3.69. The van der Waals surface area contributed by atoms with E-state index in [2.05, 4.69) is 0 Å². The van der Waals surface area contributed by atoms with Gasteiger partial charge in [-0.25, -0.2) is 0 Å². The van der Waals surface area contributed by atoms with E-state index in [4.69, 9.17) is 9.47 Å². The molecular weight excluding hydrogens is 310 g/mol. The zero-order chi connectivity index (χ0) is 17.5. The van der Waals surface area contributed by atoms with E-state index in [1.807, 2.05) is 6.07 Å². The number of methoxy groups -OCH3 is 2. The summed E-state index contributed by atoms with van der Waals surface area (Å²) >= 11 is 0. The molecule has 0 saturated carbocycles. The lowest BCUT2D eigenvalue weighted by molar-refractivity contribution is -0.161. The number of carbonyl (C=O) groups is 2. The molecule has 1 aromatic carbocycles. The van der Waals surface area contributed by atoms with Crippen molar-refractivity contribution in [2.45, 2.75) is 11.5 Å². The van der Waals surface area contributed by atoms with E-state index in [0.717, 1.165) is 0 Å². The number of aryl methyl sites for hydroxylation is 1. The summed E-state index contributed by atoms with van der Waals surface area (Å²) in [6, 6.07) is 10.6. The third kappa shape index (κ3) is 2.06. The second-order valence-corrected chi connectivity index (χ2v) is 5.86. The summed E-state index contributed by atoms with van der Waals surface area (Å²) < 4.78 is 11.5. The molecule has 2 aromatic rings. The van der Waals surface area contributed by atoms with Crippen LogP contribution in [0.25, 0.3) is 0 Å². The molecule has 126 valence electrons. The van der Waals surface area contributed by atoms with Gasteiger partial charge in [0.1, 0.15) is 17.4 Å². The minimum Gasteiger partial charge on any atom is -0.469 e. The predicted molar refractivity (Wildman–Crippen MR) is 85.1 cm³/mol. The molecule has 0 aliphatic heterocycles. The predicted octanol–water partition coefficient (Wildman–Crippen LogP) is 1.32. The molecule has 24 heavy (non-hydrogen) atoms. The SMILES string of the molecule is COC(=O)[C@@H]1c2ccn(C)c2[C@](O)(c2ccccc2)[C@H]1C(=O)OC. The third-order valence-corrected chi connectivity index (χ3v) is 4.71. The molecule has 1 heterocycles. The molecule has 1 N–H and O–H groups in total. The van der Waals surface area contributed by atoms with Gasteiger partial charge in [-0.3, -0.25) is 9.59 Å². The van der Waals surface area contributed by atoms with Crippen LogP contribution in [0.1, 0.15) is 22.7 Å². The summed E-state index contributed by atoms with van der Waals surface area (Å²) in [7, 11) is 4.27. The summed E-state index contributed by atoms with van der Waals surface area (Å²) in [6.45, 7) is 0. The first-order valence-corrected chi connectivity index (χ1v) is 7.56. The summed E-state index contributed by atoms with van der Waals surface area (Å²) in [5.74, 6) is -3.28. The lowest BCUT2D eigenvalue weighted by Gasteiger charge is -2.32. The van der Waals surface area contributed by atoms with Gasteiger partial charge < -0.3 is 19.1 Å². The molecule has 3 rings (SSSR count). The number of nitrogens with zero attached hydrogens (tertiary/aromatic N) is 1. The first-order valence-electron chi connectivity index (χ1n) is 7.56. The van der Waals surface area contributed by atoms with E-state index >= 15 is 0 Å². The molecule has 1 aliphatic carbocycles. The Hall–Kier alpha value is -2.60. The molecule has 0 unspecified atom stereocenters. The fraction of sp³-hybridized carbons (Fsp3) is 0.333. The molecule has 0 saturated heterocycles. The second kappa shape index (κ2) is 5.79. The van der Waals surface area contributed by atoms with Gasteiger partial charge in [0, 0.05) is 13.2 Å². The Bertz CT molecular complexity index is 782. The number of fused-ring (bicyclic) bond motifs is 1. The van der Waals surface area contributed by atoms with E-state index < -0.39 is 29.4 Å². The van der Waals surface area contributed by atoms with Crippen LogP contribution in [0.2, 0.25) is 0 Å². The average molecular weight is 329 g/mol. The normalized spacial score (nSPS) is 25.2. The first kappa shape index (κ1) is 16.3.